The fourth-order valence-corrected chi connectivity index (χ4v) is 10.1. The van der Waals surface area contributed by atoms with Crippen molar-refractivity contribution in [2.45, 2.75) is 5.40 Å². The van der Waals surface area contributed by atoms with Crippen molar-refractivity contribution in [3.63, 3.8) is 0 Å². The smallest absolute Gasteiger partial charge is 0.341 e. The van der Waals surface area contributed by atoms with Crippen molar-refractivity contribution in [2.24, 2.45) is 0 Å². The van der Waals surface area contributed by atoms with Gasteiger partial charge in [-0.15, -0.1) is 0 Å². The molecule has 1 unspecified atom stereocenters. The minimum atomic E-state index is -5.46. The molecule has 0 amide bonds. The molecule has 1 fully saturated rings. The van der Waals surface area contributed by atoms with Crippen LogP contribution in [-0.2, 0) is 28.1 Å². The number of hydrogen-bond acceptors (Lipinski definition) is 10. The Labute approximate surface area is 218 Å². The Balaban J connectivity index is 3.18. The molecular formula is C17H35N4O14P3. The lowest BCUT2D eigenvalue weighted by molar-refractivity contribution is -0.140. The van der Waals surface area contributed by atoms with Gasteiger partial charge in [-0.1, -0.05) is 0 Å². The Morgan fingerprint density at radius 2 is 0.816 bits per heavy atom. The van der Waals surface area contributed by atoms with Crippen molar-refractivity contribution in [1.29, 1.82) is 0 Å². The first kappa shape index (κ1) is 34.8. The number of rotatable bonds is 12. The molecule has 21 heteroatoms. The van der Waals surface area contributed by atoms with Gasteiger partial charge in [-0.3, -0.25) is 47.7 Å². The molecule has 1 rings (SSSR count). The second kappa shape index (κ2) is 14.9. The lowest BCUT2D eigenvalue weighted by Gasteiger charge is -2.34. The zero-order chi connectivity index (χ0) is 29.3. The van der Waals surface area contributed by atoms with Gasteiger partial charge < -0.3 is 39.8 Å². The molecule has 0 aromatic rings. The number of carboxylic acid groups (broad SMARTS) is 3. The molecule has 1 heterocycles. The quantitative estimate of drug-likeness (QED) is 0.105. The Morgan fingerprint density at radius 3 is 1.05 bits per heavy atom. The highest BCUT2D eigenvalue weighted by Crippen LogP contribution is 2.64. The Kier molecular flexibility index (Phi) is 13.7. The van der Waals surface area contributed by atoms with Gasteiger partial charge in [-0.05, 0) is 0 Å². The molecule has 1 aliphatic rings. The predicted octanol–water partition coefficient (Wildman–Crippen LogP) is -2.63. The van der Waals surface area contributed by atoms with Crippen LogP contribution in [-0.4, -0.2) is 167 Å². The molecule has 0 bridgehead atoms. The number of carboxylic acids is 3. The van der Waals surface area contributed by atoms with Crippen LogP contribution in [0.1, 0.15) is 0 Å². The Morgan fingerprint density at radius 1 is 0.553 bits per heavy atom. The van der Waals surface area contributed by atoms with Crippen LogP contribution in [0.4, 0.5) is 0 Å². The first-order valence-electron chi connectivity index (χ1n) is 11.2. The van der Waals surface area contributed by atoms with Gasteiger partial charge in [0, 0.05) is 52.4 Å². The van der Waals surface area contributed by atoms with Crippen LogP contribution in [0.25, 0.3) is 0 Å². The van der Waals surface area contributed by atoms with E-state index in [1.807, 2.05) is 0 Å². The monoisotopic (exact) mass is 612 g/mol. The van der Waals surface area contributed by atoms with Crippen LogP contribution in [0, 0.1) is 0 Å². The highest BCUT2D eigenvalue weighted by atomic mass is 31.2. The van der Waals surface area contributed by atoms with Gasteiger partial charge >= 0.3 is 33.1 Å². The average Bonchev–Trinajstić information content (AvgIpc) is 2.71. The molecule has 222 valence electrons. The van der Waals surface area contributed by atoms with Gasteiger partial charge in [-0.25, -0.2) is 0 Å². The van der Waals surface area contributed by atoms with Crippen molar-refractivity contribution in [2.75, 3.05) is 84.4 Å². The van der Waals surface area contributed by atoms with Crippen LogP contribution >= 0.6 is 22.6 Å². The minimum Gasteiger partial charge on any atom is -0.480 e. The van der Waals surface area contributed by atoms with Gasteiger partial charge in [0.05, 0.1) is 32.1 Å². The molecule has 0 spiro atoms. The van der Waals surface area contributed by atoms with E-state index in [4.69, 9.17) is 0 Å². The van der Waals surface area contributed by atoms with Gasteiger partial charge in [0.1, 0.15) is 0 Å². The van der Waals surface area contributed by atoms with Gasteiger partial charge in [0.2, 0.25) is 7.37 Å². The van der Waals surface area contributed by atoms with E-state index in [0.717, 1.165) is 0 Å². The van der Waals surface area contributed by atoms with E-state index < -0.39 is 71.4 Å². The van der Waals surface area contributed by atoms with Crippen LogP contribution in [0.2, 0.25) is 0 Å². The second-order valence-electron chi connectivity index (χ2n) is 8.96. The van der Waals surface area contributed by atoms with E-state index in [0.29, 0.717) is 0 Å². The summed E-state index contributed by atoms with van der Waals surface area (Å²) < 4.78 is 36.0. The van der Waals surface area contributed by atoms with Gasteiger partial charge in [0.15, 0.2) is 5.40 Å². The van der Waals surface area contributed by atoms with E-state index in [2.05, 4.69) is 0 Å². The fraction of sp³-hybridized carbons (Fsp3) is 0.824. The van der Waals surface area contributed by atoms with Crippen molar-refractivity contribution < 1.29 is 67.9 Å². The van der Waals surface area contributed by atoms with E-state index in [-0.39, 0.29) is 58.9 Å². The standard InChI is InChI=1S/C17H35N4O14P3/c22-14(23)9-18-1-3-19(10-15(24)25)5-7-21(8-6-20(4-2-18)11-16(26)27)13-36(28,29)12-17(37(30,31)32)38(33,34)35/h17H,1-13H2,(H,22,23)(H,24,25)(H,26,27)(H,28,29)(H2,30,31,32)(H2,33,34,35). The van der Waals surface area contributed by atoms with Crippen molar-refractivity contribution in [3.05, 3.63) is 0 Å². The maximum absolute atomic E-state index is 12.9. The first-order valence-corrected chi connectivity index (χ1v) is 16.6. The van der Waals surface area contributed by atoms with Gasteiger partial charge in [-0.2, -0.15) is 0 Å². The number of hydrogen-bond donors (Lipinski definition) is 8. The van der Waals surface area contributed by atoms with Crippen LogP contribution in [0.3, 0.4) is 0 Å². The molecule has 1 atom stereocenters. The van der Waals surface area contributed by atoms with Crippen LogP contribution in [0.5, 0.6) is 0 Å². The lowest BCUT2D eigenvalue weighted by Crippen LogP contribution is -2.48. The molecule has 0 saturated carbocycles. The van der Waals surface area contributed by atoms with E-state index in [1.54, 1.807) is 0 Å². The van der Waals surface area contributed by atoms with Crippen LogP contribution in [0.15, 0.2) is 0 Å². The highest BCUT2D eigenvalue weighted by molar-refractivity contribution is 7.72. The number of aliphatic carboxylic acids is 3. The Bertz CT molecular complexity index is 918. The summed E-state index contributed by atoms with van der Waals surface area (Å²) in [6.07, 6.45) is -2.13. The third-order valence-electron chi connectivity index (χ3n) is 5.65. The van der Waals surface area contributed by atoms with Crippen molar-refractivity contribution in [3.8, 4) is 0 Å². The summed E-state index contributed by atoms with van der Waals surface area (Å²) in [5.74, 6) is -3.49. The van der Waals surface area contributed by atoms with Crippen LogP contribution < -0.4 is 0 Å². The molecule has 18 nitrogen and oxygen atoms in total. The summed E-state index contributed by atoms with van der Waals surface area (Å²) >= 11 is 0. The number of carbonyl (C=O) groups is 3. The highest BCUT2D eigenvalue weighted by Gasteiger charge is 2.47. The molecule has 8 N–H and O–H groups in total. The maximum atomic E-state index is 12.9. The van der Waals surface area contributed by atoms with E-state index >= 15 is 0 Å². The van der Waals surface area contributed by atoms with Crippen molar-refractivity contribution in [1.82, 2.24) is 19.6 Å². The van der Waals surface area contributed by atoms with E-state index in [9.17, 15) is 67.9 Å². The minimum absolute atomic E-state index is 0.00650. The topological polar surface area (TPSA) is 277 Å². The summed E-state index contributed by atoms with van der Waals surface area (Å²) in [4.78, 5) is 87.3. The fourth-order valence-electron chi connectivity index (χ4n) is 3.80. The first-order chi connectivity index (χ1) is 17.3. The Hall–Kier alpha value is -1.26. The second-order valence-corrected chi connectivity index (χ2v) is 15.3. The zero-order valence-corrected chi connectivity index (χ0v) is 23.1. The third kappa shape index (κ3) is 14.2. The molecular weight excluding hydrogens is 577 g/mol. The molecule has 38 heavy (non-hydrogen) atoms. The molecule has 0 radical (unpaired) electrons. The predicted molar refractivity (Wildman–Crippen MR) is 131 cm³/mol. The zero-order valence-electron chi connectivity index (χ0n) is 20.4. The average molecular weight is 612 g/mol. The molecule has 0 aliphatic carbocycles. The molecule has 1 aliphatic heterocycles. The van der Waals surface area contributed by atoms with Gasteiger partial charge in [0.25, 0.3) is 0 Å². The molecule has 0 aromatic heterocycles. The normalized spacial score (nSPS) is 20.4. The summed E-state index contributed by atoms with van der Waals surface area (Å²) in [7, 11) is -15.5. The SMILES string of the molecule is O=C(O)CN1CCN(CC(=O)O)CCN(CP(=O)(O)CC(P(=O)(O)O)P(=O)(O)O)CCN(CC(=O)O)CC1. The summed E-state index contributed by atoms with van der Waals surface area (Å²) in [5, 5.41) is 24.9. The molecule has 0 aromatic carbocycles. The van der Waals surface area contributed by atoms with E-state index in [1.165, 1.54) is 19.6 Å². The summed E-state index contributed by atoms with van der Waals surface area (Å²) in [6, 6.07) is 0. The summed E-state index contributed by atoms with van der Waals surface area (Å²) in [6.45, 7) is -0.882. The largest absolute Gasteiger partial charge is 0.480 e. The molecule has 1 saturated heterocycles. The third-order valence-corrected chi connectivity index (χ3v) is 11.7. The maximum Gasteiger partial charge on any atom is 0.341 e. The van der Waals surface area contributed by atoms with Crippen molar-refractivity contribution >= 4 is 40.5 Å². The number of nitrogens with zero attached hydrogens (tertiary/aromatic N) is 4. The lowest BCUT2D eigenvalue weighted by atomic mass is 10.3. The summed E-state index contributed by atoms with van der Waals surface area (Å²) in [5.41, 5.74) is 0.